The lowest BCUT2D eigenvalue weighted by Gasteiger charge is -2.27. The maximum atomic E-state index is 13.2. The Labute approximate surface area is 136 Å². The third kappa shape index (κ3) is 3.15. The molecular weight excluding hydrogens is 290 g/mol. The van der Waals surface area contributed by atoms with Gasteiger partial charge in [0.1, 0.15) is 5.82 Å². The molecule has 0 bridgehead atoms. The van der Waals surface area contributed by atoms with Crippen LogP contribution in [0.1, 0.15) is 23.7 Å². The molecule has 1 fully saturated rings. The Kier molecular flexibility index (Phi) is 4.48. The predicted molar refractivity (Wildman–Crippen MR) is 92.0 cm³/mol. The van der Waals surface area contributed by atoms with Crippen molar-refractivity contribution in [2.45, 2.75) is 19.4 Å². The molecule has 1 aliphatic rings. The van der Waals surface area contributed by atoms with Gasteiger partial charge in [0, 0.05) is 38.7 Å². The minimum atomic E-state index is 0.0599. The van der Waals surface area contributed by atoms with E-state index in [4.69, 9.17) is 4.74 Å². The third-order valence-electron chi connectivity index (χ3n) is 4.34. The van der Waals surface area contributed by atoms with E-state index < -0.39 is 0 Å². The Morgan fingerprint density at radius 3 is 2.87 bits per heavy atom. The Morgan fingerprint density at radius 2 is 2.09 bits per heavy atom. The fourth-order valence-electron chi connectivity index (χ4n) is 2.92. The summed E-state index contributed by atoms with van der Waals surface area (Å²) in [6, 6.07) is 9.89. The zero-order valence-corrected chi connectivity index (χ0v) is 14.0. The molecule has 1 aromatic heterocycles. The molecule has 2 heterocycles. The topological polar surface area (TPSA) is 45.7 Å². The maximum absolute atomic E-state index is 13.2. The standard InChI is InChI=1S/C18H23N3O2/c1-13-8-10-23-11-9-21(13)18(22)15-12-17(20(2)3)19-16-7-5-4-6-14(15)16/h4-7,12-13H,8-11H2,1-3H3/t13-/m0/s1. The Balaban J connectivity index is 2.08. The molecule has 1 aromatic carbocycles. The second-order valence-corrected chi connectivity index (χ2v) is 6.19. The molecule has 122 valence electrons. The van der Waals surface area contributed by atoms with Crippen molar-refractivity contribution in [3.05, 3.63) is 35.9 Å². The lowest BCUT2D eigenvalue weighted by Crippen LogP contribution is -2.39. The zero-order valence-electron chi connectivity index (χ0n) is 14.0. The number of ether oxygens (including phenoxy) is 1. The highest BCUT2D eigenvalue weighted by Gasteiger charge is 2.25. The first-order valence-corrected chi connectivity index (χ1v) is 8.04. The van der Waals surface area contributed by atoms with Crippen LogP contribution in [0.15, 0.2) is 30.3 Å². The number of benzene rings is 1. The van der Waals surface area contributed by atoms with Crippen LogP contribution in [0.4, 0.5) is 5.82 Å². The van der Waals surface area contributed by atoms with Gasteiger partial charge < -0.3 is 14.5 Å². The van der Waals surface area contributed by atoms with Gasteiger partial charge in [0.2, 0.25) is 0 Å². The molecule has 0 radical (unpaired) electrons. The van der Waals surface area contributed by atoms with Crippen LogP contribution in [0, 0.1) is 0 Å². The number of hydrogen-bond donors (Lipinski definition) is 0. The average molecular weight is 313 g/mol. The molecule has 1 amide bonds. The number of para-hydroxylation sites is 1. The first-order valence-electron chi connectivity index (χ1n) is 8.04. The molecule has 5 heteroatoms. The summed E-state index contributed by atoms with van der Waals surface area (Å²) in [7, 11) is 3.88. The molecule has 0 unspecified atom stereocenters. The largest absolute Gasteiger partial charge is 0.380 e. The van der Waals surface area contributed by atoms with Crippen LogP contribution >= 0.6 is 0 Å². The number of anilines is 1. The van der Waals surface area contributed by atoms with Gasteiger partial charge in [-0.15, -0.1) is 0 Å². The van der Waals surface area contributed by atoms with Crippen LogP contribution in [-0.4, -0.2) is 55.7 Å². The van der Waals surface area contributed by atoms with Crippen LogP contribution < -0.4 is 4.90 Å². The first kappa shape index (κ1) is 15.7. The van der Waals surface area contributed by atoms with Gasteiger partial charge in [-0.1, -0.05) is 18.2 Å². The minimum absolute atomic E-state index is 0.0599. The highest BCUT2D eigenvalue weighted by molar-refractivity contribution is 6.07. The molecule has 0 N–H and O–H groups in total. The van der Waals surface area contributed by atoms with E-state index in [0.29, 0.717) is 25.3 Å². The van der Waals surface area contributed by atoms with Crippen LogP contribution in [0.25, 0.3) is 10.9 Å². The molecule has 1 atom stereocenters. The van der Waals surface area contributed by atoms with Crippen molar-refractivity contribution >= 4 is 22.6 Å². The van der Waals surface area contributed by atoms with E-state index >= 15 is 0 Å². The number of pyridine rings is 1. The van der Waals surface area contributed by atoms with E-state index in [1.165, 1.54) is 0 Å². The SMILES string of the molecule is C[C@H]1CCOCCN1C(=O)c1cc(N(C)C)nc2ccccc12. The first-order chi connectivity index (χ1) is 11.1. The fraction of sp³-hybridized carbons (Fsp3) is 0.444. The number of amides is 1. The van der Waals surface area contributed by atoms with E-state index in [1.807, 2.05) is 54.2 Å². The smallest absolute Gasteiger partial charge is 0.254 e. The number of hydrogen-bond acceptors (Lipinski definition) is 4. The Hall–Kier alpha value is -2.14. The molecule has 1 saturated heterocycles. The molecule has 5 nitrogen and oxygen atoms in total. The minimum Gasteiger partial charge on any atom is -0.380 e. The molecule has 0 saturated carbocycles. The van der Waals surface area contributed by atoms with Crippen molar-refractivity contribution in [3.8, 4) is 0 Å². The normalized spacial score (nSPS) is 18.7. The van der Waals surface area contributed by atoms with Crippen LogP contribution in [0.5, 0.6) is 0 Å². The molecule has 23 heavy (non-hydrogen) atoms. The predicted octanol–water partition coefficient (Wildman–Crippen LogP) is 2.55. The van der Waals surface area contributed by atoms with Crippen molar-refractivity contribution in [2.24, 2.45) is 0 Å². The highest BCUT2D eigenvalue weighted by atomic mass is 16.5. The summed E-state index contributed by atoms with van der Waals surface area (Å²) in [6.07, 6.45) is 0.870. The summed E-state index contributed by atoms with van der Waals surface area (Å²) >= 11 is 0. The summed E-state index contributed by atoms with van der Waals surface area (Å²) in [5.41, 5.74) is 1.56. The highest BCUT2D eigenvalue weighted by Crippen LogP contribution is 2.24. The van der Waals surface area contributed by atoms with Gasteiger partial charge in [0.25, 0.3) is 5.91 Å². The number of carbonyl (C=O) groups excluding carboxylic acids is 1. The molecular formula is C18H23N3O2. The molecule has 3 rings (SSSR count). The lowest BCUT2D eigenvalue weighted by molar-refractivity contribution is 0.0689. The third-order valence-corrected chi connectivity index (χ3v) is 4.34. The second-order valence-electron chi connectivity index (χ2n) is 6.19. The molecule has 0 spiro atoms. The summed E-state index contributed by atoms with van der Waals surface area (Å²) in [6.45, 7) is 4.03. The summed E-state index contributed by atoms with van der Waals surface area (Å²) in [5, 5.41) is 0.903. The molecule has 2 aromatic rings. The van der Waals surface area contributed by atoms with E-state index in [2.05, 4.69) is 11.9 Å². The van der Waals surface area contributed by atoms with Gasteiger partial charge in [0.15, 0.2) is 0 Å². The van der Waals surface area contributed by atoms with Crippen LogP contribution in [0.2, 0.25) is 0 Å². The number of carbonyl (C=O) groups is 1. The Bertz CT molecular complexity index is 714. The number of fused-ring (bicyclic) bond motifs is 1. The van der Waals surface area contributed by atoms with Crippen LogP contribution in [0.3, 0.4) is 0 Å². The average Bonchev–Trinajstić information content (AvgIpc) is 2.77. The second kappa shape index (κ2) is 6.54. The molecule has 0 aliphatic carbocycles. The Morgan fingerprint density at radius 1 is 1.30 bits per heavy atom. The number of nitrogens with zero attached hydrogens (tertiary/aromatic N) is 3. The quantitative estimate of drug-likeness (QED) is 0.855. The van der Waals surface area contributed by atoms with Gasteiger partial charge in [-0.25, -0.2) is 4.98 Å². The van der Waals surface area contributed by atoms with E-state index in [1.54, 1.807) is 0 Å². The summed E-state index contributed by atoms with van der Waals surface area (Å²) in [5.74, 6) is 0.857. The summed E-state index contributed by atoms with van der Waals surface area (Å²) < 4.78 is 5.52. The van der Waals surface area contributed by atoms with Crippen molar-refractivity contribution in [1.82, 2.24) is 9.88 Å². The van der Waals surface area contributed by atoms with Crippen molar-refractivity contribution in [3.63, 3.8) is 0 Å². The van der Waals surface area contributed by atoms with Crippen molar-refractivity contribution in [2.75, 3.05) is 38.8 Å². The number of rotatable bonds is 2. The van der Waals surface area contributed by atoms with Crippen molar-refractivity contribution in [1.29, 1.82) is 0 Å². The van der Waals surface area contributed by atoms with Gasteiger partial charge in [-0.05, 0) is 25.5 Å². The van der Waals surface area contributed by atoms with Gasteiger partial charge in [0.05, 0.1) is 17.7 Å². The lowest BCUT2D eigenvalue weighted by atomic mass is 10.1. The fourth-order valence-corrected chi connectivity index (χ4v) is 2.92. The van der Waals surface area contributed by atoms with E-state index in [9.17, 15) is 4.79 Å². The molecule has 1 aliphatic heterocycles. The van der Waals surface area contributed by atoms with E-state index in [0.717, 1.165) is 23.1 Å². The van der Waals surface area contributed by atoms with Crippen LogP contribution in [-0.2, 0) is 4.74 Å². The van der Waals surface area contributed by atoms with Gasteiger partial charge >= 0.3 is 0 Å². The van der Waals surface area contributed by atoms with Gasteiger partial charge in [-0.3, -0.25) is 4.79 Å². The number of aromatic nitrogens is 1. The zero-order chi connectivity index (χ0) is 16.4. The van der Waals surface area contributed by atoms with Gasteiger partial charge in [-0.2, -0.15) is 0 Å². The van der Waals surface area contributed by atoms with Crippen molar-refractivity contribution < 1.29 is 9.53 Å². The maximum Gasteiger partial charge on any atom is 0.254 e. The van der Waals surface area contributed by atoms with E-state index in [-0.39, 0.29) is 11.9 Å². The monoisotopic (exact) mass is 313 g/mol. The summed E-state index contributed by atoms with van der Waals surface area (Å²) in [4.78, 5) is 21.7.